The molecular formula is C19H20ClNO4. The van der Waals surface area contributed by atoms with Crippen molar-refractivity contribution in [2.24, 2.45) is 11.8 Å². The number of anilines is 1. The molecule has 2 saturated heterocycles. The molecule has 3 heterocycles. The number of amides is 1. The van der Waals surface area contributed by atoms with E-state index in [4.69, 9.17) is 21.1 Å². The summed E-state index contributed by atoms with van der Waals surface area (Å²) in [6.45, 7) is 4.61. The Bertz CT molecular complexity index is 777. The van der Waals surface area contributed by atoms with Gasteiger partial charge in [-0.15, -0.1) is 0 Å². The summed E-state index contributed by atoms with van der Waals surface area (Å²) in [6.07, 6.45) is 4.21. The second kappa shape index (κ2) is 5.85. The molecule has 2 fully saturated rings. The van der Waals surface area contributed by atoms with Crippen LogP contribution in [0.2, 0.25) is 5.02 Å². The first-order valence-corrected chi connectivity index (χ1v) is 8.96. The summed E-state index contributed by atoms with van der Waals surface area (Å²) >= 11 is 6.09. The smallest absolute Gasteiger partial charge is 0.312 e. The van der Waals surface area contributed by atoms with Gasteiger partial charge in [0.2, 0.25) is 5.91 Å². The lowest BCUT2D eigenvalue weighted by atomic mass is 9.77. The predicted octanol–water partition coefficient (Wildman–Crippen LogP) is 2.89. The van der Waals surface area contributed by atoms with Gasteiger partial charge < -0.3 is 14.4 Å². The van der Waals surface area contributed by atoms with E-state index in [2.05, 4.69) is 0 Å². The third-order valence-corrected chi connectivity index (χ3v) is 5.70. The molecule has 4 atom stereocenters. The van der Waals surface area contributed by atoms with Crippen LogP contribution in [-0.4, -0.2) is 36.7 Å². The molecule has 1 spiro atoms. The van der Waals surface area contributed by atoms with E-state index in [1.807, 2.05) is 38.1 Å². The van der Waals surface area contributed by atoms with Crippen LogP contribution in [0.4, 0.5) is 5.69 Å². The molecule has 0 saturated carbocycles. The summed E-state index contributed by atoms with van der Waals surface area (Å²) < 4.78 is 11.4. The van der Waals surface area contributed by atoms with Crippen LogP contribution in [0, 0.1) is 18.8 Å². The van der Waals surface area contributed by atoms with Gasteiger partial charge in [-0.05, 0) is 37.1 Å². The molecule has 0 aliphatic carbocycles. The number of rotatable bonds is 4. The third-order valence-electron chi connectivity index (χ3n) is 5.27. The molecule has 0 unspecified atom stereocenters. The van der Waals surface area contributed by atoms with Gasteiger partial charge >= 0.3 is 5.97 Å². The van der Waals surface area contributed by atoms with Gasteiger partial charge in [0.05, 0.1) is 25.2 Å². The van der Waals surface area contributed by atoms with Crippen LogP contribution in [0.5, 0.6) is 0 Å². The molecule has 1 amide bonds. The van der Waals surface area contributed by atoms with Gasteiger partial charge in [0.1, 0.15) is 11.5 Å². The monoisotopic (exact) mass is 361 g/mol. The van der Waals surface area contributed by atoms with E-state index >= 15 is 0 Å². The van der Waals surface area contributed by atoms with Gasteiger partial charge in [-0.1, -0.05) is 30.7 Å². The summed E-state index contributed by atoms with van der Waals surface area (Å²) in [7, 11) is 0. The summed E-state index contributed by atoms with van der Waals surface area (Å²) in [5.74, 6) is -1.53. The fourth-order valence-corrected chi connectivity index (χ4v) is 4.20. The molecule has 0 N–H and O–H groups in total. The number of esters is 1. The molecule has 0 radical (unpaired) electrons. The van der Waals surface area contributed by atoms with Crippen LogP contribution in [0.1, 0.15) is 18.9 Å². The molecule has 4 rings (SSSR count). The van der Waals surface area contributed by atoms with E-state index in [0.717, 1.165) is 17.7 Å². The number of hydrogen-bond acceptors (Lipinski definition) is 4. The largest absolute Gasteiger partial charge is 0.465 e. The fourth-order valence-electron chi connectivity index (χ4n) is 4.08. The predicted molar refractivity (Wildman–Crippen MR) is 93.5 cm³/mol. The number of carbonyl (C=O) groups is 2. The molecular weight excluding hydrogens is 342 g/mol. The highest BCUT2D eigenvalue weighted by molar-refractivity contribution is 6.31. The molecule has 6 heteroatoms. The third kappa shape index (κ3) is 2.41. The van der Waals surface area contributed by atoms with Crippen molar-refractivity contribution >= 4 is 29.2 Å². The van der Waals surface area contributed by atoms with E-state index < -0.39 is 17.4 Å². The van der Waals surface area contributed by atoms with Gasteiger partial charge in [-0.25, -0.2) is 0 Å². The number of nitrogens with zero attached hydrogens (tertiary/aromatic N) is 1. The van der Waals surface area contributed by atoms with Crippen LogP contribution in [-0.2, 0) is 19.1 Å². The quantitative estimate of drug-likeness (QED) is 0.611. The van der Waals surface area contributed by atoms with E-state index in [9.17, 15) is 9.59 Å². The topological polar surface area (TPSA) is 55.8 Å². The lowest BCUT2D eigenvalue weighted by Gasteiger charge is -2.22. The average Bonchev–Trinajstić information content (AvgIpc) is 3.23. The highest BCUT2D eigenvalue weighted by Crippen LogP contribution is 2.53. The minimum atomic E-state index is -0.731. The molecule has 5 nitrogen and oxygen atoms in total. The van der Waals surface area contributed by atoms with Gasteiger partial charge in [-0.3, -0.25) is 9.59 Å². The van der Waals surface area contributed by atoms with Crippen molar-refractivity contribution in [3.63, 3.8) is 0 Å². The van der Waals surface area contributed by atoms with Crippen LogP contribution in [0.3, 0.4) is 0 Å². The van der Waals surface area contributed by atoms with Crippen LogP contribution in [0.25, 0.3) is 0 Å². The maximum atomic E-state index is 13.1. The SMILES string of the molecule is CCCOC(=O)[C@@H]1[C@H]2C(=O)N(c3ccc(Cl)c(C)c3)C[C@@]23C=C[C@H]1O3. The average molecular weight is 362 g/mol. The first-order valence-electron chi connectivity index (χ1n) is 8.58. The minimum absolute atomic E-state index is 0.0907. The van der Waals surface area contributed by atoms with Gasteiger partial charge in [-0.2, -0.15) is 0 Å². The van der Waals surface area contributed by atoms with Crippen molar-refractivity contribution in [3.8, 4) is 0 Å². The highest BCUT2D eigenvalue weighted by atomic mass is 35.5. The standard InChI is InChI=1S/C19H20ClNO4/c1-3-8-24-18(23)15-14-6-7-19(25-14)10-21(17(22)16(15)19)12-4-5-13(20)11(2)9-12/h4-7,9,14-16H,3,8,10H2,1-2H3/t14-,15+,16+,19+/m1/s1. The Kier molecular flexibility index (Phi) is 3.89. The van der Waals surface area contributed by atoms with Crippen molar-refractivity contribution in [2.45, 2.75) is 32.0 Å². The lowest BCUT2D eigenvalue weighted by Crippen LogP contribution is -2.40. The number of fused-ring (bicyclic) bond motifs is 1. The van der Waals surface area contributed by atoms with E-state index in [0.29, 0.717) is 18.2 Å². The first kappa shape index (κ1) is 16.6. The Hall–Kier alpha value is -1.85. The van der Waals surface area contributed by atoms with Crippen LogP contribution >= 0.6 is 11.6 Å². The van der Waals surface area contributed by atoms with Crippen molar-refractivity contribution in [3.05, 3.63) is 40.9 Å². The Morgan fingerprint density at radius 1 is 1.48 bits per heavy atom. The number of carbonyl (C=O) groups excluding carboxylic acids is 2. The number of ether oxygens (including phenoxy) is 2. The van der Waals surface area contributed by atoms with Crippen molar-refractivity contribution < 1.29 is 19.1 Å². The van der Waals surface area contributed by atoms with Crippen molar-refractivity contribution in [1.82, 2.24) is 0 Å². The molecule has 1 aromatic carbocycles. The molecule has 25 heavy (non-hydrogen) atoms. The second-order valence-corrected chi connectivity index (χ2v) is 7.33. The minimum Gasteiger partial charge on any atom is -0.465 e. The molecule has 1 aromatic rings. The van der Waals surface area contributed by atoms with Gasteiger partial charge in [0.15, 0.2) is 0 Å². The molecule has 132 valence electrons. The zero-order chi connectivity index (χ0) is 17.8. The molecule has 3 aliphatic heterocycles. The maximum absolute atomic E-state index is 13.1. The Morgan fingerprint density at radius 2 is 2.28 bits per heavy atom. The summed E-state index contributed by atoms with van der Waals surface area (Å²) in [4.78, 5) is 27.3. The normalized spacial score (nSPS) is 32.4. The summed E-state index contributed by atoms with van der Waals surface area (Å²) in [5.41, 5.74) is 0.948. The molecule has 0 aromatic heterocycles. The van der Waals surface area contributed by atoms with Gasteiger partial charge in [0, 0.05) is 10.7 Å². The molecule has 3 aliphatic rings. The lowest BCUT2D eigenvalue weighted by molar-refractivity contribution is -0.152. The summed E-state index contributed by atoms with van der Waals surface area (Å²) in [6, 6.07) is 5.50. The van der Waals surface area contributed by atoms with Crippen molar-refractivity contribution in [1.29, 1.82) is 0 Å². The van der Waals surface area contributed by atoms with E-state index in [1.165, 1.54) is 0 Å². The number of benzene rings is 1. The molecule has 2 bridgehead atoms. The van der Waals surface area contributed by atoms with Crippen LogP contribution in [0.15, 0.2) is 30.4 Å². The second-order valence-electron chi connectivity index (χ2n) is 6.93. The number of hydrogen-bond donors (Lipinski definition) is 0. The Labute approximate surface area is 151 Å². The fraction of sp³-hybridized carbons (Fsp3) is 0.474. The number of aryl methyl sites for hydroxylation is 1. The summed E-state index contributed by atoms with van der Waals surface area (Å²) in [5, 5.41) is 0.659. The van der Waals surface area contributed by atoms with Crippen LogP contribution < -0.4 is 4.90 Å². The van der Waals surface area contributed by atoms with E-state index in [-0.39, 0.29) is 18.0 Å². The Balaban J connectivity index is 1.65. The zero-order valence-electron chi connectivity index (χ0n) is 14.2. The number of halogens is 1. The first-order chi connectivity index (χ1) is 12.0. The van der Waals surface area contributed by atoms with E-state index in [1.54, 1.807) is 11.0 Å². The Morgan fingerprint density at radius 3 is 3.00 bits per heavy atom. The zero-order valence-corrected chi connectivity index (χ0v) is 15.0. The van der Waals surface area contributed by atoms with Gasteiger partial charge in [0.25, 0.3) is 0 Å². The highest BCUT2D eigenvalue weighted by Gasteiger charge is 2.67. The maximum Gasteiger partial charge on any atom is 0.312 e. The van der Waals surface area contributed by atoms with Crippen molar-refractivity contribution in [2.75, 3.05) is 18.1 Å².